The average molecular weight is 297 g/mol. The summed E-state index contributed by atoms with van der Waals surface area (Å²) >= 11 is 0. The number of carbonyl (C=O) groups excluding carboxylic acids is 2. The van der Waals surface area contributed by atoms with E-state index in [1.165, 1.54) is 6.07 Å². The third-order valence-electron chi connectivity index (χ3n) is 2.60. The summed E-state index contributed by atoms with van der Waals surface area (Å²) < 4.78 is 4.74. The zero-order valence-electron chi connectivity index (χ0n) is 12.2. The van der Waals surface area contributed by atoms with Crippen molar-refractivity contribution in [2.75, 3.05) is 6.54 Å². The SMILES string of the molecule is Cc1cc(C(=O)NCC(=O)N[C@@H](CC(C)C)C(=O)O)on1. The van der Waals surface area contributed by atoms with Crippen LogP contribution in [-0.2, 0) is 9.59 Å². The first kappa shape index (κ1) is 16.7. The van der Waals surface area contributed by atoms with Gasteiger partial charge in [0.2, 0.25) is 11.7 Å². The van der Waals surface area contributed by atoms with Gasteiger partial charge in [-0.15, -0.1) is 0 Å². The zero-order chi connectivity index (χ0) is 16.0. The van der Waals surface area contributed by atoms with Crippen LogP contribution in [0.25, 0.3) is 0 Å². The second kappa shape index (κ2) is 7.41. The topological polar surface area (TPSA) is 122 Å². The quantitative estimate of drug-likeness (QED) is 0.666. The van der Waals surface area contributed by atoms with Crippen molar-refractivity contribution in [3.8, 4) is 0 Å². The van der Waals surface area contributed by atoms with E-state index in [1.807, 2.05) is 13.8 Å². The Labute approximate surface area is 121 Å². The molecule has 116 valence electrons. The molecule has 0 fully saturated rings. The van der Waals surface area contributed by atoms with Crippen LogP contribution in [0.15, 0.2) is 10.6 Å². The number of aromatic nitrogens is 1. The van der Waals surface area contributed by atoms with Crippen LogP contribution in [0.1, 0.15) is 36.5 Å². The largest absolute Gasteiger partial charge is 0.480 e. The summed E-state index contributed by atoms with van der Waals surface area (Å²) in [6.45, 7) is 5.04. The maximum Gasteiger partial charge on any atom is 0.326 e. The van der Waals surface area contributed by atoms with Crippen LogP contribution in [0, 0.1) is 12.8 Å². The Morgan fingerprint density at radius 2 is 2.05 bits per heavy atom. The summed E-state index contributed by atoms with van der Waals surface area (Å²) in [6.07, 6.45) is 0.316. The Hall–Kier alpha value is -2.38. The van der Waals surface area contributed by atoms with Crippen LogP contribution in [0.3, 0.4) is 0 Å². The van der Waals surface area contributed by atoms with Crippen molar-refractivity contribution in [2.24, 2.45) is 5.92 Å². The van der Waals surface area contributed by atoms with Gasteiger partial charge in [0.25, 0.3) is 5.91 Å². The Kier molecular flexibility index (Phi) is 5.89. The van der Waals surface area contributed by atoms with E-state index in [1.54, 1.807) is 6.92 Å². The minimum Gasteiger partial charge on any atom is -0.480 e. The van der Waals surface area contributed by atoms with Crippen molar-refractivity contribution in [2.45, 2.75) is 33.2 Å². The summed E-state index contributed by atoms with van der Waals surface area (Å²) in [5.41, 5.74) is 0.549. The highest BCUT2D eigenvalue weighted by molar-refractivity contribution is 5.94. The summed E-state index contributed by atoms with van der Waals surface area (Å²) in [4.78, 5) is 34.3. The highest BCUT2D eigenvalue weighted by atomic mass is 16.5. The number of hydrogen-bond donors (Lipinski definition) is 3. The van der Waals surface area contributed by atoms with Crippen molar-refractivity contribution in [1.29, 1.82) is 0 Å². The molecule has 0 unspecified atom stereocenters. The lowest BCUT2D eigenvalue weighted by atomic mass is 10.0. The zero-order valence-corrected chi connectivity index (χ0v) is 12.2. The normalized spacial score (nSPS) is 12.0. The lowest BCUT2D eigenvalue weighted by molar-refractivity contribution is -0.142. The fourth-order valence-electron chi connectivity index (χ4n) is 1.66. The molecule has 1 aromatic heterocycles. The Morgan fingerprint density at radius 3 is 2.52 bits per heavy atom. The molecule has 8 heteroatoms. The molecule has 0 aromatic carbocycles. The molecule has 21 heavy (non-hydrogen) atoms. The maximum atomic E-state index is 11.6. The monoisotopic (exact) mass is 297 g/mol. The summed E-state index contributed by atoms with van der Waals surface area (Å²) in [5.74, 6) is -2.14. The highest BCUT2D eigenvalue weighted by Gasteiger charge is 2.21. The van der Waals surface area contributed by atoms with Crippen molar-refractivity contribution in [1.82, 2.24) is 15.8 Å². The first-order chi connectivity index (χ1) is 9.79. The van der Waals surface area contributed by atoms with E-state index in [2.05, 4.69) is 15.8 Å². The lowest BCUT2D eigenvalue weighted by Crippen LogP contribution is -2.46. The van der Waals surface area contributed by atoms with Gasteiger partial charge in [-0.2, -0.15) is 0 Å². The molecule has 0 aliphatic heterocycles. The second-order valence-corrected chi connectivity index (χ2v) is 5.10. The molecule has 0 saturated carbocycles. The van der Waals surface area contributed by atoms with Gasteiger partial charge in [-0.3, -0.25) is 9.59 Å². The Balaban J connectivity index is 2.45. The van der Waals surface area contributed by atoms with Crippen LogP contribution in [-0.4, -0.2) is 40.6 Å². The number of nitrogens with one attached hydrogen (secondary N) is 2. The van der Waals surface area contributed by atoms with Gasteiger partial charge in [0.15, 0.2) is 0 Å². The Morgan fingerprint density at radius 1 is 1.38 bits per heavy atom. The van der Waals surface area contributed by atoms with E-state index in [4.69, 9.17) is 9.63 Å². The van der Waals surface area contributed by atoms with Crippen LogP contribution in [0.2, 0.25) is 0 Å². The van der Waals surface area contributed by atoms with Gasteiger partial charge < -0.3 is 20.3 Å². The van der Waals surface area contributed by atoms with Crippen molar-refractivity contribution < 1.29 is 24.0 Å². The number of carboxylic acids is 1. The number of rotatable bonds is 7. The molecule has 2 amide bonds. The number of amides is 2. The van der Waals surface area contributed by atoms with E-state index >= 15 is 0 Å². The molecule has 0 aliphatic carbocycles. The summed E-state index contributed by atoms with van der Waals surface area (Å²) in [5, 5.41) is 17.3. The number of aryl methyl sites for hydroxylation is 1. The van der Waals surface area contributed by atoms with Crippen molar-refractivity contribution in [3.63, 3.8) is 0 Å². The predicted octanol–water partition coefficient (Wildman–Crippen LogP) is 0.328. The molecule has 0 bridgehead atoms. The molecule has 0 saturated heterocycles. The highest BCUT2D eigenvalue weighted by Crippen LogP contribution is 2.05. The third kappa shape index (κ3) is 5.64. The smallest absolute Gasteiger partial charge is 0.326 e. The molecule has 0 aliphatic rings. The van der Waals surface area contributed by atoms with Crippen LogP contribution >= 0.6 is 0 Å². The number of carboxylic acid groups (broad SMARTS) is 1. The molecule has 3 N–H and O–H groups in total. The van der Waals surface area contributed by atoms with Gasteiger partial charge >= 0.3 is 5.97 Å². The van der Waals surface area contributed by atoms with Gasteiger partial charge in [-0.05, 0) is 19.3 Å². The third-order valence-corrected chi connectivity index (χ3v) is 2.60. The molecule has 0 radical (unpaired) electrons. The summed E-state index contributed by atoms with van der Waals surface area (Å²) in [6, 6.07) is 0.466. The van der Waals surface area contributed by atoms with Crippen molar-refractivity contribution in [3.05, 3.63) is 17.5 Å². The minimum absolute atomic E-state index is 0.00253. The van der Waals surface area contributed by atoms with Crippen LogP contribution in [0.4, 0.5) is 0 Å². The number of nitrogens with zero attached hydrogens (tertiary/aromatic N) is 1. The molecule has 0 spiro atoms. The number of aliphatic carboxylic acids is 1. The molecule has 1 rings (SSSR count). The van der Waals surface area contributed by atoms with E-state index in [9.17, 15) is 14.4 Å². The van der Waals surface area contributed by atoms with Gasteiger partial charge in [0, 0.05) is 6.07 Å². The number of carbonyl (C=O) groups is 3. The molecule has 8 nitrogen and oxygen atoms in total. The van der Waals surface area contributed by atoms with Crippen molar-refractivity contribution >= 4 is 17.8 Å². The molecule has 1 heterocycles. The molecular weight excluding hydrogens is 278 g/mol. The van der Waals surface area contributed by atoms with Gasteiger partial charge in [-0.1, -0.05) is 19.0 Å². The second-order valence-electron chi connectivity index (χ2n) is 5.10. The predicted molar refractivity (Wildman–Crippen MR) is 72.6 cm³/mol. The lowest BCUT2D eigenvalue weighted by Gasteiger charge is -2.16. The van der Waals surface area contributed by atoms with Crippen LogP contribution in [0.5, 0.6) is 0 Å². The fraction of sp³-hybridized carbons (Fsp3) is 0.538. The fourth-order valence-corrected chi connectivity index (χ4v) is 1.66. The first-order valence-corrected chi connectivity index (χ1v) is 6.53. The standard InChI is InChI=1S/C13H19N3O5/c1-7(2)4-9(13(19)20)15-11(17)6-14-12(18)10-5-8(3)16-21-10/h5,7,9H,4,6H2,1-3H3,(H,14,18)(H,15,17)(H,19,20)/t9-/m0/s1. The minimum atomic E-state index is -1.10. The average Bonchev–Trinajstić information content (AvgIpc) is 2.81. The maximum absolute atomic E-state index is 11.6. The van der Waals surface area contributed by atoms with E-state index in [0.717, 1.165) is 0 Å². The van der Waals surface area contributed by atoms with Gasteiger partial charge in [0.05, 0.1) is 12.2 Å². The first-order valence-electron chi connectivity index (χ1n) is 6.53. The van der Waals surface area contributed by atoms with E-state index < -0.39 is 23.8 Å². The summed E-state index contributed by atoms with van der Waals surface area (Å²) in [7, 11) is 0. The van der Waals surface area contributed by atoms with E-state index in [0.29, 0.717) is 12.1 Å². The van der Waals surface area contributed by atoms with Gasteiger partial charge in [-0.25, -0.2) is 4.79 Å². The van der Waals surface area contributed by atoms with E-state index in [-0.39, 0.29) is 18.2 Å². The molecular formula is C13H19N3O5. The number of hydrogen-bond acceptors (Lipinski definition) is 5. The van der Waals surface area contributed by atoms with Gasteiger partial charge in [0.1, 0.15) is 6.04 Å². The molecule has 1 aromatic rings. The van der Waals surface area contributed by atoms with Crippen LogP contribution < -0.4 is 10.6 Å². The molecule has 1 atom stereocenters. The Bertz CT molecular complexity index is 524.